The molecule has 1 saturated heterocycles. The molecule has 2 atom stereocenters. The Bertz CT molecular complexity index is 275. The first kappa shape index (κ1) is 11.0. The molecule has 0 bridgehead atoms. The second-order valence-corrected chi connectivity index (χ2v) is 4.52. The first-order valence-corrected chi connectivity index (χ1v) is 4.86. The van der Waals surface area contributed by atoms with E-state index in [1.165, 1.54) is 4.90 Å². The summed E-state index contributed by atoms with van der Waals surface area (Å²) in [7, 11) is 0. The van der Waals surface area contributed by atoms with Gasteiger partial charge in [0.2, 0.25) is 5.91 Å². The van der Waals surface area contributed by atoms with Crippen molar-refractivity contribution in [3.63, 3.8) is 0 Å². The van der Waals surface area contributed by atoms with Gasteiger partial charge in [0, 0.05) is 6.54 Å². The summed E-state index contributed by atoms with van der Waals surface area (Å²) in [5.41, 5.74) is -0.999. The van der Waals surface area contributed by atoms with Crippen molar-refractivity contribution in [2.45, 2.75) is 33.2 Å². The van der Waals surface area contributed by atoms with Crippen LogP contribution in [0, 0.1) is 11.8 Å². The molecule has 1 rings (SSSR count). The Kier molecular flexibility index (Phi) is 2.56. The van der Waals surface area contributed by atoms with Gasteiger partial charge in [-0.15, -0.1) is 0 Å². The SMILES string of the molecule is CC(C)CN1C(=O)[C@@H](C)[C@@]1(C)C(=O)O. The van der Waals surface area contributed by atoms with Gasteiger partial charge in [-0.05, 0) is 12.8 Å². The van der Waals surface area contributed by atoms with Crippen LogP contribution in [0.5, 0.6) is 0 Å². The third kappa shape index (κ3) is 1.29. The average molecular weight is 199 g/mol. The third-order valence-electron chi connectivity index (χ3n) is 3.02. The summed E-state index contributed by atoms with van der Waals surface area (Å²) in [6, 6.07) is 0. The highest BCUT2D eigenvalue weighted by Crippen LogP contribution is 2.38. The maximum Gasteiger partial charge on any atom is 0.330 e. The fourth-order valence-electron chi connectivity index (χ4n) is 1.82. The monoisotopic (exact) mass is 199 g/mol. The number of nitrogens with zero attached hydrogens (tertiary/aromatic N) is 1. The van der Waals surface area contributed by atoms with Crippen molar-refractivity contribution >= 4 is 11.9 Å². The van der Waals surface area contributed by atoms with Crippen molar-refractivity contribution in [3.8, 4) is 0 Å². The number of likely N-dealkylation sites (tertiary alicyclic amines) is 1. The minimum absolute atomic E-state index is 0.0522. The summed E-state index contributed by atoms with van der Waals surface area (Å²) in [6.45, 7) is 7.75. The maximum absolute atomic E-state index is 11.5. The predicted octanol–water partition coefficient (Wildman–Crippen LogP) is 0.964. The number of hydrogen-bond donors (Lipinski definition) is 1. The molecular formula is C10H17NO3. The molecule has 0 spiro atoms. The van der Waals surface area contributed by atoms with E-state index in [9.17, 15) is 9.59 Å². The average Bonchev–Trinajstić information content (AvgIpc) is 2.11. The number of amides is 1. The molecule has 1 amide bonds. The quantitative estimate of drug-likeness (QED) is 0.689. The van der Waals surface area contributed by atoms with Crippen LogP contribution in [0.3, 0.4) is 0 Å². The summed E-state index contributed by atoms with van der Waals surface area (Å²) in [5, 5.41) is 9.07. The summed E-state index contributed by atoms with van der Waals surface area (Å²) >= 11 is 0. The van der Waals surface area contributed by atoms with Gasteiger partial charge in [-0.25, -0.2) is 4.79 Å². The number of carboxylic acid groups (broad SMARTS) is 1. The molecule has 1 fully saturated rings. The smallest absolute Gasteiger partial charge is 0.330 e. The third-order valence-corrected chi connectivity index (χ3v) is 3.02. The number of aliphatic carboxylic acids is 1. The van der Waals surface area contributed by atoms with Crippen molar-refractivity contribution < 1.29 is 14.7 Å². The van der Waals surface area contributed by atoms with Gasteiger partial charge in [0.05, 0.1) is 5.92 Å². The summed E-state index contributed by atoms with van der Waals surface area (Å²) < 4.78 is 0. The van der Waals surface area contributed by atoms with Crippen LogP contribution in [0.1, 0.15) is 27.7 Å². The minimum atomic E-state index is -0.999. The van der Waals surface area contributed by atoms with Gasteiger partial charge in [-0.3, -0.25) is 4.79 Å². The molecule has 4 nitrogen and oxygen atoms in total. The van der Waals surface area contributed by atoms with Crippen LogP contribution in [0.25, 0.3) is 0 Å². The molecule has 4 heteroatoms. The van der Waals surface area contributed by atoms with Gasteiger partial charge < -0.3 is 10.0 Å². The Morgan fingerprint density at radius 2 is 2.14 bits per heavy atom. The lowest BCUT2D eigenvalue weighted by Gasteiger charge is -2.52. The largest absolute Gasteiger partial charge is 0.479 e. The number of hydrogen-bond acceptors (Lipinski definition) is 2. The molecule has 0 unspecified atom stereocenters. The lowest BCUT2D eigenvalue weighted by atomic mass is 9.75. The van der Waals surface area contributed by atoms with Crippen LogP contribution in [-0.4, -0.2) is 34.0 Å². The highest BCUT2D eigenvalue weighted by atomic mass is 16.4. The van der Waals surface area contributed by atoms with E-state index in [0.717, 1.165) is 0 Å². The van der Waals surface area contributed by atoms with Gasteiger partial charge in [-0.2, -0.15) is 0 Å². The number of rotatable bonds is 3. The fraction of sp³-hybridized carbons (Fsp3) is 0.800. The minimum Gasteiger partial charge on any atom is -0.479 e. The van der Waals surface area contributed by atoms with Gasteiger partial charge in [-0.1, -0.05) is 20.8 Å². The first-order chi connectivity index (χ1) is 6.31. The van der Waals surface area contributed by atoms with E-state index in [-0.39, 0.29) is 5.91 Å². The molecule has 0 aromatic heterocycles. The molecule has 1 aliphatic heterocycles. The normalized spacial score (nSPS) is 31.9. The molecular weight excluding hydrogens is 182 g/mol. The first-order valence-electron chi connectivity index (χ1n) is 4.86. The van der Waals surface area contributed by atoms with E-state index in [2.05, 4.69) is 0 Å². The Morgan fingerprint density at radius 1 is 1.64 bits per heavy atom. The maximum atomic E-state index is 11.5. The Morgan fingerprint density at radius 3 is 2.50 bits per heavy atom. The van der Waals surface area contributed by atoms with Crippen LogP contribution in [-0.2, 0) is 9.59 Å². The molecule has 0 saturated carbocycles. The van der Waals surface area contributed by atoms with Crippen LogP contribution >= 0.6 is 0 Å². The van der Waals surface area contributed by atoms with Crippen molar-refractivity contribution in [2.75, 3.05) is 6.54 Å². The number of carbonyl (C=O) groups is 2. The zero-order valence-electron chi connectivity index (χ0n) is 9.07. The highest BCUT2D eigenvalue weighted by Gasteiger charge is 2.59. The van der Waals surface area contributed by atoms with Crippen LogP contribution in [0.2, 0.25) is 0 Å². The van der Waals surface area contributed by atoms with Crippen LogP contribution in [0.15, 0.2) is 0 Å². The van der Waals surface area contributed by atoms with E-state index < -0.39 is 17.4 Å². The summed E-state index contributed by atoms with van der Waals surface area (Å²) in [6.07, 6.45) is 0. The molecule has 0 aromatic rings. The van der Waals surface area contributed by atoms with Crippen molar-refractivity contribution in [1.82, 2.24) is 4.90 Å². The topological polar surface area (TPSA) is 57.6 Å². The Balaban J connectivity index is 2.84. The van der Waals surface area contributed by atoms with E-state index in [1.807, 2.05) is 13.8 Å². The van der Waals surface area contributed by atoms with E-state index in [0.29, 0.717) is 12.5 Å². The van der Waals surface area contributed by atoms with E-state index in [4.69, 9.17) is 5.11 Å². The fourth-order valence-corrected chi connectivity index (χ4v) is 1.82. The van der Waals surface area contributed by atoms with E-state index in [1.54, 1.807) is 13.8 Å². The molecule has 1 heterocycles. The second kappa shape index (κ2) is 3.26. The Labute approximate surface area is 83.9 Å². The van der Waals surface area contributed by atoms with Crippen molar-refractivity contribution in [3.05, 3.63) is 0 Å². The second-order valence-electron chi connectivity index (χ2n) is 4.52. The molecule has 14 heavy (non-hydrogen) atoms. The van der Waals surface area contributed by atoms with Gasteiger partial charge in [0.1, 0.15) is 5.54 Å². The lowest BCUT2D eigenvalue weighted by Crippen LogP contribution is -2.72. The molecule has 1 N–H and O–H groups in total. The molecule has 0 aliphatic carbocycles. The highest BCUT2D eigenvalue weighted by molar-refractivity contribution is 5.99. The van der Waals surface area contributed by atoms with Crippen molar-refractivity contribution in [2.24, 2.45) is 11.8 Å². The van der Waals surface area contributed by atoms with Crippen LogP contribution < -0.4 is 0 Å². The van der Waals surface area contributed by atoms with Crippen LogP contribution in [0.4, 0.5) is 0 Å². The number of carboxylic acids is 1. The molecule has 0 radical (unpaired) electrons. The van der Waals surface area contributed by atoms with Gasteiger partial charge in [0.15, 0.2) is 0 Å². The summed E-state index contributed by atoms with van der Waals surface area (Å²) in [5.74, 6) is -1.07. The number of β-lactam (4-membered cyclic amide) rings is 1. The summed E-state index contributed by atoms with van der Waals surface area (Å²) in [4.78, 5) is 24.0. The standard InChI is InChI=1S/C10H17NO3/c1-6(2)5-11-8(12)7(3)10(11,4)9(13)14/h6-7H,5H2,1-4H3,(H,13,14)/t7-,10+/m1/s1. The Hall–Kier alpha value is -1.06. The molecule has 0 aromatic carbocycles. The zero-order valence-corrected chi connectivity index (χ0v) is 9.07. The zero-order chi connectivity index (χ0) is 11.1. The number of carbonyl (C=O) groups excluding carboxylic acids is 1. The molecule has 80 valence electrons. The van der Waals surface area contributed by atoms with Gasteiger partial charge >= 0.3 is 5.97 Å². The molecule has 1 aliphatic rings. The lowest BCUT2D eigenvalue weighted by molar-refractivity contribution is -0.185. The van der Waals surface area contributed by atoms with Crippen molar-refractivity contribution in [1.29, 1.82) is 0 Å². The predicted molar refractivity (Wildman–Crippen MR) is 51.8 cm³/mol. The van der Waals surface area contributed by atoms with E-state index >= 15 is 0 Å². The van der Waals surface area contributed by atoms with Gasteiger partial charge in [0.25, 0.3) is 0 Å².